The van der Waals surface area contributed by atoms with Gasteiger partial charge in [0.2, 0.25) is 0 Å². The lowest BCUT2D eigenvalue weighted by molar-refractivity contribution is 0.405. The van der Waals surface area contributed by atoms with Gasteiger partial charge in [0.05, 0.1) is 7.11 Å². The van der Waals surface area contributed by atoms with Gasteiger partial charge in [-0.2, -0.15) is 12.6 Å². The van der Waals surface area contributed by atoms with Gasteiger partial charge >= 0.3 is 0 Å². The number of para-hydroxylation sites is 1. The highest BCUT2D eigenvalue weighted by Crippen LogP contribution is 2.29. The van der Waals surface area contributed by atoms with Crippen molar-refractivity contribution < 1.29 is 4.74 Å². The molecule has 1 rings (SSSR count). The maximum absolute atomic E-state index is 5.29. The molecule has 0 saturated heterocycles. The number of unbranched alkanes of at least 4 members (excludes halogenated alkanes) is 2. The van der Waals surface area contributed by atoms with Crippen molar-refractivity contribution in [1.29, 1.82) is 0 Å². The van der Waals surface area contributed by atoms with Crippen LogP contribution < -0.4 is 4.74 Å². The molecule has 1 nitrogen and oxygen atoms in total. The average molecular weight is 242 g/mol. The van der Waals surface area contributed by atoms with E-state index in [0.717, 1.165) is 17.3 Å². The van der Waals surface area contributed by atoms with Gasteiger partial charge in [-0.25, -0.2) is 0 Å². The molecule has 0 aliphatic carbocycles. The first-order valence-electron chi connectivity index (χ1n) is 5.25. The number of rotatable bonds is 7. The Morgan fingerprint density at radius 1 is 1.20 bits per heavy atom. The Kier molecular flexibility index (Phi) is 6.77. The van der Waals surface area contributed by atoms with E-state index in [1.807, 2.05) is 23.9 Å². The molecule has 0 amide bonds. The number of hydrogen-bond donors (Lipinski definition) is 1. The number of methoxy groups -OCH3 is 1. The van der Waals surface area contributed by atoms with Crippen molar-refractivity contribution in [2.24, 2.45) is 0 Å². The summed E-state index contributed by atoms with van der Waals surface area (Å²) < 4.78 is 5.29. The van der Waals surface area contributed by atoms with E-state index < -0.39 is 0 Å². The van der Waals surface area contributed by atoms with Crippen LogP contribution in [-0.4, -0.2) is 18.6 Å². The molecule has 0 unspecified atom stereocenters. The van der Waals surface area contributed by atoms with Crippen molar-refractivity contribution in [2.45, 2.75) is 24.2 Å². The summed E-state index contributed by atoms with van der Waals surface area (Å²) in [5, 5.41) is 0. The topological polar surface area (TPSA) is 9.23 Å². The minimum Gasteiger partial charge on any atom is -0.496 e. The molecule has 84 valence electrons. The van der Waals surface area contributed by atoms with Gasteiger partial charge in [0, 0.05) is 4.90 Å². The number of ether oxygens (including phenoxy) is 1. The largest absolute Gasteiger partial charge is 0.496 e. The SMILES string of the molecule is COc1ccccc1SCCCCCS. The predicted octanol–water partition coefficient (Wildman–Crippen LogP) is 3.89. The first-order valence-corrected chi connectivity index (χ1v) is 6.87. The highest BCUT2D eigenvalue weighted by atomic mass is 32.2. The van der Waals surface area contributed by atoms with Crippen molar-refractivity contribution in [2.75, 3.05) is 18.6 Å². The summed E-state index contributed by atoms with van der Waals surface area (Å²) in [4.78, 5) is 1.24. The lowest BCUT2D eigenvalue weighted by Crippen LogP contribution is -1.87. The van der Waals surface area contributed by atoms with Gasteiger partial charge in [-0.05, 0) is 36.5 Å². The Morgan fingerprint density at radius 3 is 2.73 bits per heavy atom. The minimum absolute atomic E-state index is 0.983. The van der Waals surface area contributed by atoms with E-state index in [1.165, 1.54) is 24.2 Å². The predicted molar refractivity (Wildman–Crippen MR) is 71.4 cm³/mol. The van der Waals surface area contributed by atoms with Crippen LogP contribution in [0.5, 0.6) is 5.75 Å². The third-order valence-electron chi connectivity index (χ3n) is 2.13. The fourth-order valence-corrected chi connectivity index (χ4v) is 2.57. The van der Waals surface area contributed by atoms with Crippen LogP contribution in [0.1, 0.15) is 19.3 Å². The van der Waals surface area contributed by atoms with Crippen LogP contribution in [-0.2, 0) is 0 Å². The Bertz CT molecular complexity index is 276. The molecule has 0 spiro atoms. The zero-order chi connectivity index (χ0) is 10.9. The molecule has 0 aliphatic heterocycles. The number of thiol groups is 1. The normalized spacial score (nSPS) is 10.3. The third kappa shape index (κ3) is 4.85. The smallest absolute Gasteiger partial charge is 0.132 e. The van der Waals surface area contributed by atoms with Gasteiger partial charge in [-0.1, -0.05) is 18.6 Å². The van der Waals surface area contributed by atoms with Gasteiger partial charge in [0.25, 0.3) is 0 Å². The van der Waals surface area contributed by atoms with Crippen LogP contribution in [0.2, 0.25) is 0 Å². The Morgan fingerprint density at radius 2 is 2.00 bits per heavy atom. The van der Waals surface area contributed by atoms with Gasteiger partial charge < -0.3 is 4.74 Å². The van der Waals surface area contributed by atoms with E-state index >= 15 is 0 Å². The number of thioether (sulfide) groups is 1. The molecule has 15 heavy (non-hydrogen) atoms. The van der Waals surface area contributed by atoms with Crippen molar-refractivity contribution >= 4 is 24.4 Å². The fraction of sp³-hybridized carbons (Fsp3) is 0.500. The fourth-order valence-electron chi connectivity index (χ4n) is 1.31. The Labute approximate surface area is 102 Å². The second kappa shape index (κ2) is 7.94. The Hall–Kier alpha value is -0.280. The lowest BCUT2D eigenvalue weighted by atomic mass is 10.3. The van der Waals surface area contributed by atoms with Crippen LogP contribution in [0.15, 0.2) is 29.2 Å². The second-order valence-electron chi connectivity index (χ2n) is 3.28. The van der Waals surface area contributed by atoms with Crippen LogP contribution in [0, 0.1) is 0 Å². The number of hydrogen-bond acceptors (Lipinski definition) is 3. The van der Waals surface area contributed by atoms with Crippen LogP contribution in [0.3, 0.4) is 0 Å². The van der Waals surface area contributed by atoms with Gasteiger partial charge in [-0.15, -0.1) is 11.8 Å². The van der Waals surface area contributed by atoms with E-state index in [-0.39, 0.29) is 0 Å². The van der Waals surface area contributed by atoms with Gasteiger partial charge in [0.15, 0.2) is 0 Å². The summed E-state index contributed by atoms with van der Waals surface area (Å²) >= 11 is 6.07. The van der Waals surface area contributed by atoms with E-state index in [1.54, 1.807) is 7.11 Å². The summed E-state index contributed by atoms with van der Waals surface area (Å²) in [5.74, 6) is 3.14. The van der Waals surface area contributed by atoms with Crippen LogP contribution in [0.4, 0.5) is 0 Å². The van der Waals surface area contributed by atoms with Crippen LogP contribution >= 0.6 is 24.4 Å². The van der Waals surface area contributed by atoms with Crippen LogP contribution in [0.25, 0.3) is 0 Å². The zero-order valence-electron chi connectivity index (χ0n) is 9.11. The quantitative estimate of drug-likeness (QED) is 0.441. The molecule has 0 radical (unpaired) electrons. The summed E-state index contributed by atoms with van der Waals surface area (Å²) in [7, 11) is 1.72. The van der Waals surface area contributed by atoms with Crippen molar-refractivity contribution in [3.63, 3.8) is 0 Å². The highest BCUT2D eigenvalue weighted by Gasteiger charge is 2.01. The zero-order valence-corrected chi connectivity index (χ0v) is 10.8. The molecular weight excluding hydrogens is 224 g/mol. The maximum atomic E-state index is 5.29. The second-order valence-corrected chi connectivity index (χ2v) is 4.87. The molecule has 0 atom stereocenters. The number of benzene rings is 1. The molecule has 0 bridgehead atoms. The molecule has 0 saturated carbocycles. The van der Waals surface area contributed by atoms with Crippen molar-refractivity contribution in [3.8, 4) is 5.75 Å². The molecule has 1 aromatic rings. The summed E-state index contributed by atoms with van der Waals surface area (Å²) in [6, 6.07) is 8.18. The molecule has 0 aliphatic rings. The lowest BCUT2D eigenvalue weighted by Gasteiger charge is -2.07. The van der Waals surface area contributed by atoms with Crippen molar-refractivity contribution in [3.05, 3.63) is 24.3 Å². The third-order valence-corrected chi connectivity index (χ3v) is 3.59. The molecular formula is C12H18OS2. The minimum atomic E-state index is 0.983. The average Bonchev–Trinajstić information content (AvgIpc) is 2.29. The standard InChI is InChI=1S/C12H18OS2/c1-13-11-7-3-4-8-12(11)15-10-6-2-5-9-14/h3-4,7-8,14H,2,5-6,9-10H2,1H3. The summed E-state index contributed by atoms with van der Waals surface area (Å²) in [6.07, 6.45) is 3.74. The van der Waals surface area contributed by atoms with E-state index in [4.69, 9.17) is 4.74 Å². The van der Waals surface area contributed by atoms with E-state index in [2.05, 4.69) is 24.8 Å². The molecule has 3 heteroatoms. The Balaban J connectivity index is 2.30. The van der Waals surface area contributed by atoms with Crippen molar-refractivity contribution in [1.82, 2.24) is 0 Å². The molecule has 1 aromatic carbocycles. The first-order chi connectivity index (χ1) is 7.38. The highest BCUT2D eigenvalue weighted by molar-refractivity contribution is 7.99. The van der Waals surface area contributed by atoms with Gasteiger partial charge in [0.1, 0.15) is 5.75 Å². The van der Waals surface area contributed by atoms with Gasteiger partial charge in [-0.3, -0.25) is 0 Å². The summed E-state index contributed by atoms with van der Waals surface area (Å²) in [6.45, 7) is 0. The van der Waals surface area contributed by atoms with E-state index in [9.17, 15) is 0 Å². The maximum Gasteiger partial charge on any atom is 0.132 e. The molecule has 0 fully saturated rings. The van der Waals surface area contributed by atoms with E-state index in [0.29, 0.717) is 0 Å². The molecule has 0 aromatic heterocycles. The molecule has 0 heterocycles. The monoisotopic (exact) mass is 242 g/mol. The molecule has 0 N–H and O–H groups in total. The summed E-state index contributed by atoms with van der Waals surface area (Å²) in [5.41, 5.74) is 0. The first kappa shape index (κ1) is 12.8.